The van der Waals surface area contributed by atoms with Crippen molar-refractivity contribution in [2.75, 3.05) is 11.1 Å². The van der Waals surface area contributed by atoms with Crippen molar-refractivity contribution in [3.8, 4) is 0 Å². The van der Waals surface area contributed by atoms with E-state index in [-0.39, 0.29) is 17.6 Å². The lowest BCUT2D eigenvalue weighted by Gasteiger charge is -2.16. The van der Waals surface area contributed by atoms with Gasteiger partial charge in [0.2, 0.25) is 11.8 Å². The van der Waals surface area contributed by atoms with E-state index in [0.717, 1.165) is 9.90 Å². The minimum absolute atomic E-state index is 0.193. The van der Waals surface area contributed by atoms with Crippen LogP contribution in [0.15, 0.2) is 4.21 Å². The van der Waals surface area contributed by atoms with Gasteiger partial charge in [-0.05, 0) is 20.8 Å². The third-order valence-corrected chi connectivity index (χ3v) is 4.36. The summed E-state index contributed by atoms with van der Waals surface area (Å²) in [6.07, 6.45) is 0. The molecule has 1 heterocycles. The summed E-state index contributed by atoms with van der Waals surface area (Å²) in [5.74, 6) is -0.497. The molecule has 100 valence electrons. The van der Waals surface area contributed by atoms with E-state index in [1.165, 1.54) is 23.1 Å². The maximum atomic E-state index is 11.7. The summed E-state index contributed by atoms with van der Waals surface area (Å²) in [6.45, 7) is 5.04. The number of anilines is 1. The SMILES string of the molecule is Cc1nc(NC(=O)C(C)(C)N)sc1SCC(N)=O. The second kappa shape index (κ2) is 5.68. The Balaban J connectivity index is 2.72. The fraction of sp³-hybridized carbons (Fsp3) is 0.500. The van der Waals surface area contributed by atoms with Crippen LogP contribution >= 0.6 is 23.1 Å². The van der Waals surface area contributed by atoms with E-state index in [1.807, 2.05) is 6.92 Å². The largest absolute Gasteiger partial charge is 0.369 e. The molecule has 1 aromatic rings. The van der Waals surface area contributed by atoms with Crippen LogP contribution in [0.3, 0.4) is 0 Å². The van der Waals surface area contributed by atoms with E-state index in [2.05, 4.69) is 10.3 Å². The molecular formula is C10H16N4O2S2. The van der Waals surface area contributed by atoms with Crippen LogP contribution in [0.4, 0.5) is 5.13 Å². The van der Waals surface area contributed by atoms with E-state index >= 15 is 0 Å². The number of carbonyl (C=O) groups excluding carboxylic acids is 2. The summed E-state index contributed by atoms with van der Waals surface area (Å²) in [5, 5.41) is 3.12. The summed E-state index contributed by atoms with van der Waals surface area (Å²) >= 11 is 2.61. The molecule has 18 heavy (non-hydrogen) atoms. The number of nitrogens with two attached hydrogens (primary N) is 2. The number of aryl methyl sites for hydroxylation is 1. The van der Waals surface area contributed by atoms with Crippen molar-refractivity contribution in [2.24, 2.45) is 11.5 Å². The van der Waals surface area contributed by atoms with Crippen molar-refractivity contribution in [3.05, 3.63) is 5.69 Å². The van der Waals surface area contributed by atoms with E-state index in [1.54, 1.807) is 13.8 Å². The maximum absolute atomic E-state index is 11.7. The first-order valence-corrected chi connectivity index (χ1v) is 6.99. The van der Waals surface area contributed by atoms with Crippen molar-refractivity contribution < 1.29 is 9.59 Å². The van der Waals surface area contributed by atoms with Crippen molar-refractivity contribution in [1.82, 2.24) is 4.98 Å². The number of aromatic nitrogens is 1. The number of nitrogens with one attached hydrogen (secondary N) is 1. The average Bonchev–Trinajstić information content (AvgIpc) is 2.54. The van der Waals surface area contributed by atoms with Crippen LogP contribution in [0.2, 0.25) is 0 Å². The lowest BCUT2D eigenvalue weighted by atomic mass is 10.1. The molecule has 2 amide bonds. The number of carbonyl (C=O) groups is 2. The Labute approximate surface area is 114 Å². The Morgan fingerprint density at radius 3 is 2.61 bits per heavy atom. The molecule has 0 aromatic carbocycles. The van der Waals surface area contributed by atoms with Crippen LogP contribution in [0.25, 0.3) is 0 Å². The van der Waals surface area contributed by atoms with Gasteiger partial charge < -0.3 is 16.8 Å². The molecule has 0 spiro atoms. The lowest BCUT2D eigenvalue weighted by molar-refractivity contribution is -0.120. The first-order chi connectivity index (χ1) is 8.20. The van der Waals surface area contributed by atoms with Crippen molar-refractivity contribution >= 4 is 40.0 Å². The molecule has 0 radical (unpaired) electrons. The van der Waals surface area contributed by atoms with Gasteiger partial charge in [0.25, 0.3) is 0 Å². The van der Waals surface area contributed by atoms with Gasteiger partial charge >= 0.3 is 0 Å². The van der Waals surface area contributed by atoms with Gasteiger partial charge in [-0.3, -0.25) is 9.59 Å². The topological polar surface area (TPSA) is 111 Å². The predicted molar refractivity (Wildman–Crippen MR) is 73.7 cm³/mol. The zero-order valence-corrected chi connectivity index (χ0v) is 12.1. The van der Waals surface area contributed by atoms with Gasteiger partial charge in [-0.2, -0.15) is 0 Å². The third-order valence-electron chi connectivity index (χ3n) is 1.91. The molecule has 0 saturated carbocycles. The zero-order chi connectivity index (χ0) is 13.9. The van der Waals surface area contributed by atoms with Crippen molar-refractivity contribution in [3.63, 3.8) is 0 Å². The number of hydrogen-bond donors (Lipinski definition) is 3. The first kappa shape index (κ1) is 14.9. The van der Waals surface area contributed by atoms with Gasteiger partial charge in [-0.25, -0.2) is 4.98 Å². The fourth-order valence-corrected chi connectivity index (χ4v) is 2.84. The van der Waals surface area contributed by atoms with Crippen LogP contribution in [-0.2, 0) is 9.59 Å². The van der Waals surface area contributed by atoms with Gasteiger partial charge in [-0.15, -0.1) is 11.8 Å². The standard InChI is InChI=1S/C10H16N4O2S2/c1-5-7(17-4-6(11)15)18-9(13-5)14-8(16)10(2,3)12/h4,12H2,1-3H3,(H2,11,15)(H,13,14,16). The van der Waals surface area contributed by atoms with E-state index in [9.17, 15) is 9.59 Å². The van der Waals surface area contributed by atoms with Crippen LogP contribution in [-0.4, -0.2) is 28.1 Å². The highest BCUT2D eigenvalue weighted by molar-refractivity contribution is 8.01. The summed E-state index contributed by atoms with van der Waals surface area (Å²) in [5.41, 5.74) is 10.5. The Kier molecular flexibility index (Phi) is 4.71. The third kappa shape index (κ3) is 4.28. The second-order valence-corrected chi connectivity index (χ2v) is 6.57. The number of amides is 2. The molecule has 0 unspecified atom stereocenters. The van der Waals surface area contributed by atoms with Crippen LogP contribution in [0.5, 0.6) is 0 Å². The maximum Gasteiger partial charge on any atom is 0.245 e. The molecule has 0 atom stereocenters. The highest BCUT2D eigenvalue weighted by atomic mass is 32.2. The molecule has 0 aliphatic carbocycles. The number of rotatable bonds is 5. The Morgan fingerprint density at radius 2 is 2.11 bits per heavy atom. The monoisotopic (exact) mass is 288 g/mol. The minimum Gasteiger partial charge on any atom is -0.369 e. The second-order valence-electron chi connectivity index (χ2n) is 4.32. The van der Waals surface area contributed by atoms with Crippen molar-refractivity contribution in [2.45, 2.75) is 30.5 Å². The number of thioether (sulfide) groups is 1. The summed E-state index contributed by atoms with van der Waals surface area (Å²) in [6, 6.07) is 0. The van der Waals surface area contributed by atoms with E-state index in [4.69, 9.17) is 11.5 Å². The molecule has 8 heteroatoms. The van der Waals surface area contributed by atoms with E-state index in [0.29, 0.717) is 5.13 Å². The Hall–Kier alpha value is -1.12. The summed E-state index contributed by atoms with van der Waals surface area (Å²) in [4.78, 5) is 26.6. The molecule has 0 fully saturated rings. The molecule has 1 aromatic heterocycles. The molecule has 0 bridgehead atoms. The molecule has 5 N–H and O–H groups in total. The van der Waals surface area contributed by atoms with Crippen LogP contribution in [0.1, 0.15) is 19.5 Å². The summed E-state index contributed by atoms with van der Waals surface area (Å²) in [7, 11) is 0. The van der Waals surface area contributed by atoms with Crippen LogP contribution < -0.4 is 16.8 Å². The highest BCUT2D eigenvalue weighted by Crippen LogP contribution is 2.32. The van der Waals surface area contributed by atoms with Gasteiger partial charge in [0, 0.05) is 0 Å². The lowest BCUT2D eigenvalue weighted by Crippen LogP contribution is -2.45. The molecule has 0 aliphatic heterocycles. The van der Waals surface area contributed by atoms with Gasteiger partial charge in [0.05, 0.1) is 21.2 Å². The molecule has 0 aliphatic rings. The number of primary amides is 1. The summed E-state index contributed by atoms with van der Waals surface area (Å²) < 4.78 is 0.860. The smallest absolute Gasteiger partial charge is 0.245 e. The van der Waals surface area contributed by atoms with Crippen molar-refractivity contribution in [1.29, 1.82) is 0 Å². The molecular weight excluding hydrogens is 272 g/mol. The quantitative estimate of drug-likeness (QED) is 0.691. The van der Waals surface area contributed by atoms with Gasteiger partial charge in [0.1, 0.15) is 0 Å². The van der Waals surface area contributed by atoms with Crippen LogP contribution in [0, 0.1) is 6.92 Å². The number of thiazole rings is 1. The zero-order valence-electron chi connectivity index (χ0n) is 10.4. The molecule has 1 rings (SSSR count). The average molecular weight is 288 g/mol. The van der Waals surface area contributed by atoms with E-state index < -0.39 is 5.54 Å². The first-order valence-electron chi connectivity index (χ1n) is 5.19. The molecule has 6 nitrogen and oxygen atoms in total. The minimum atomic E-state index is -0.958. The van der Waals surface area contributed by atoms with Gasteiger partial charge in [0.15, 0.2) is 5.13 Å². The van der Waals surface area contributed by atoms with Gasteiger partial charge in [-0.1, -0.05) is 11.3 Å². The fourth-order valence-electron chi connectivity index (χ4n) is 0.965. The number of hydrogen-bond acceptors (Lipinski definition) is 6. The predicted octanol–water partition coefficient (Wildman–Crippen LogP) is 0.705. The highest BCUT2D eigenvalue weighted by Gasteiger charge is 2.23. The Bertz CT molecular complexity index is 465. The normalized spacial score (nSPS) is 11.3. The number of nitrogens with zero attached hydrogens (tertiary/aromatic N) is 1. The Morgan fingerprint density at radius 1 is 1.50 bits per heavy atom. The molecule has 0 saturated heterocycles.